The Kier molecular flexibility index (Phi) is 4.51. The molecule has 0 spiro atoms. The van der Waals surface area contributed by atoms with Gasteiger partial charge in [-0.3, -0.25) is 14.7 Å². The number of rotatable bonds is 3. The summed E-state index contributed by atoms with van der Waals surface area (Å²) in [5.74, 6) is 0.109. The molecule has 2 aliphatic rings. The molecule has 1 saturated carbocycles. The Hall–Kier alpha value is -1.46. The number of nitrogens with zero attached hydrogens (tertiary/aromatic N) is 3. The number of amides is 1. The molecule has 0 aromatic carbocycles. The van der Waals surface area contributed by atoms with Crippen molar-refractivity contribution >= 4 is 5.91 Å². The number of piperazine rings is 1. The van der Waals surface area contributed by atoms with Gasteiger partial charge in [-0.25, -0.2) is 0 Å². The first-order valence-electron chi connectivity index (χ1n) is 7.96. The van der Waals surface area contributed by atoms with Gasteiger partial charge in [-0.2, -0.15) is 0 Å². The van der Waals surface area contributed by atoms with Crippen LogP contribution in [0.1, 0.15) is 41.7 Å². The van der Waals surface area contributed by atoms with E-state index in [1.54, 1.807) is 12.3 Å². The molecule has 2 N–H and O–H groups in total. The SMILES string of the molecule is NCc1cc(C(=O)N2CCN(C3CCCC3)CC2)ccn1. The average molecular weight is 288 g/mol. The topological polar surface area (TPSA) is 62.5 Å². The second kappa shape index (κ2) is 6.54. The first-order valence-corrected chi connectivity index (χ1v) is 7.96. The Morgan fingerprint density at radius 1 is 1.24 bits per heavy atom. The van der Waals surface area contributed by atoms with E-state index < -0.39 is 0 Å². The third-order valence-corrected chi connectivity index (χ3v) is 4.72. The summed E-state index contributed by atoms with van der Waals surface area (Å²) in [6.45, 7) is 4.04. The van der Waals surface area contributed by atoms with Crippen molar-refractivity contribution in [1.82, 2.24) is 14.8 Å². The highest BCUT2D eigenvalue weighted by Crippen LogP contribution is 2.24. The summed E-state index contributed by atoms with van der Waals surface area (Å²) in [6, 6.07) is 4.35. The quantitative estimate of drug-likeness (QED) is 0.909. The molecule has 3 rings (SSSR count). The third-order valence-electron chi connectivity index (χ3n) is 4.72. The van der Waals surface area contributed by atoms with Crippen LogP contribution in [0.2, 0.25) is 0 Å². The maximum absolute atomic E-state index is 12.5. The maximum Gasteiger partial charge on any atom is 0.254 e. The van der Waals surface area contributed by atoms with Gasteiger partial charge in [0.15, 0.2) is 0 Å². The largest absolute Gasteiger partial charge is 0.336 e. The molecule has 114 valence electrons. The first-order chi connectivity index (χ1) is 10.3. The van der Waals surface area contributed by atoms with Gasteiger partial charge in [0.1, 0.15) is 0 Å². The van der Waals surface area contributed by atoms with E-state index in [0.29, 0.717) is 12.1 Å². The minimum absolute atomic E-state index is 0.109. The summed E-state index contributed by atoms with van der Waals surface area (Å²) in [6.07, 6.45) is 7.06. The number of hydrogen-bond acceptors (Lipinski definition) is 4. The fraction of sp³-hybridized carbons (Fsp3) is 0.625. The molecule has 1 aromatic rings. The van der Waals surface area contributed by atoms with Crippen molar-refractivity contribution in [3.63, 3.8) is 0 Å². The summed E-state index contributed by atoms with van der Waals surface area (Å²) in [5.41, 5.74) is 7.07. The predicted octanol–water partition coefficient (Wildman–Crippen LogP) is 1.24. The molecule has 5 heteroatoms. The standard InChI is InChI=1S/C16H24N4O/c17-12-14-11-13(5-6-18-14)16(21)20-9-7-19(8-10-20)15-3-1-2-4-15/h5-6,11,15H,1-4,7-10,12,17H2. The molecule has 2 heterocycles. The molecule has 1 aromatic heterocycles. The number of carbonyl (C=O) groups excluding carboxylic acids is 1. The van der Waals surface area contributed by atoms with Crippen LogP contribution in [0, 0.1) is 0 Å². The monoisotopic (exact) mass is 288 g/mol. The molecule has 1 saturated heterocycles. The predicted molar refractivity (Wildman–Crippen MR) is 81.9 cm³/mol. The van der Waals surface area contributed by atoms with E-state index in [4.69, 9.17) is 5.73 Å². The molecule has 0 unspecified atom stereocenters. The van der Waals surface area contributed by atoms with Crippen molar-refractivity contribution < 1.29 is 4.79 Å². The molecule has 0 bridgehead atoms. The molecule has 5 nitrogen and oxygen atoms in total. The molecule has 1 amide bonds. The Bertz CT molecular complexity index is 491. The van der Waals surface area contributed by atoms with Gasteiger partial charge in [-0.15, -0.1) is 0 Å². The molecule has 0 atom stereocenters. The van der Waals surface area contributed by atoms with E-state index >= 15 is 0 Å². The summed E-state index contributed by atoms with van der Waals surface area (Å²) in [4.78, 5) is 21.2. The van der Waals surface area contributed by atoms with Crippen molar-refractivity contribution in [2.24, 2.45) is 5.73 Å². The lowest BCUT2D eigenvalue weighted by Gasteiger charge is -2.38. The summed E-state index contributed by atoms with van der Waals surface area (Å²) < 4.78 is 0. The maximum atomic E-state index is 12.5. The van der Waals surface area contributed by atoms with E-state index in [1.165, 1.54) is 25.7 Å². The van der Waals surface area contributed by atoms with Gasteiger partial charge < -0.3 is 10.6 Å². The van der Waals surface area contributed by atoms with Gasteiger partial charge in [-0.05, 0) is 25.0 Å². The molecule has 1 aliphatic carbocycles. The van der Waals surface area contributed by atoms with E-state index in [2.05, 4.69) is 9.88 Å². The van der Waals surface area contributed by atoms with E-state index in [9.17, 15) is 4.79 Å². The van der Waals surface area contributed by atoms with Crippen molar-refractivity contribution in [2.45, 2.75) is 38.3 Å². The van der Waals surface area contributed by atoms with Gasteiger partial charge in [0.25, 0.3) is 5.91 Å². The minimum atomic E-state index is 0.109. The second-order valence-corrected chi connectivity index (χ2v) is 6.01. The Balaban J connectivity index is 1.59. The lowest BCUT2D eigenvalue weighted by Crippen LogP contribution is -2.51. The Morgan fingerprint density at radius 3 is 2.62 bits per heavy atom. The van der Waals surface area contributed by atoms with Crippen molar-refractivity contribution in [2.75, 3.05) is 26.2 Å². The van der Waals surface area contributed by atoms with Crippen LogP contribution in [0.4, 0.5) is 0 Å². The zero-order valence-corrected chi connectivity index (χ0v) is 12.5. The van der Waals surface area contributed by atoms with E-state index in [-0.39, 0.29) is 5.91 Å². The number of pyridine rings is 1. The van der Waals surface area contributed by atoms with Gasteiger partial charge in [0, 0.05) is 50.5 Å². The lowest BCUT2D eigenvalue weighted by molar-refractivity contribution is 0.0573. The fourth-order valence-electron chi connectivity index (χ4n) is 3.46. The average Bonchev–Trinajstić information content (AvgIpc) is 3.09. The van der Waals surface area contributed by atoms with Crippen molar-refractivity contribution in [3.05, 3.63) is 29.6 Å². The zero-order valence-electron chi connectivity index (χ0n) is 12.5. The van der Waals surface area contributed by atoms with Crippen LogP contribution in [0.5, 0.6) is 0 Å². The number of hydrogen-bond donors (Lipinski definition) is 1. The first kappa shape index (κ1) is 14.5. The molecule has 21 heavy (non-hydrogen) atoms. The van der Waals surface area contributed by atoms with E-state index in [1.807, 2.05) is 11.0 Å². The second-order valence-electron chi connectivity index (χ2n) is 6.01. The van der Waals surface area contributed by atoms with Crippen molar-refractivity contribution in [1.29, 1.82) is 0 Å². The molecule has 1 aliphatic heterocycles. The van der Waals surface area contributed by atoms with Crippen molar-refractivity contribution in [3.8, 4) is 0 Å². The van der Waals surface area contributed by atoms with Crippen LogP contribution in [0.25, 0.3) is 0 Å². The molecular weight excluding hydrogens is 264 g/mol. The highest BCUT2D eigenvalue weighted by molar-refractivity contribution is 5.94. The Labute approximate surface area is 126 Å². The summed E-state index contributed by atoms with van der Waals surface area (Å²) in [7, 11) is 0. The van der Waals surface area contributed by atoms with Crippen LogP contribution in [0.3, 0.4) is 0 Å². The van der Waals surface area contributed by atoms with Crippen LogP contribution >= 0.6 is 0 Å². The highest BCUT2D eigenvalue weighted by atomic mass is 16.2. The molecular formula is C16H24N4O. The van der Waals surface area contributed by atoms with Gasteiger partial charge in [0.2, 0.25) is 0 Å². The third kappa shape index (κ3) is 3.24. The van der Waals surface area contributed by atoms with Crippen LogP contribution in [-0.4, -0.2) is 52.9 Å². The number of carbonyl (C=O) groups is 1. The number of aromatic nitrogens is 1. The van der Waals surface area contributed by atoms with Crippen LogP contribution in [0.15, 0.2) is 18.3 Å². The van der Waals surface area contributed by atoms with Gasteiger partial charge in [-0.1, -0.05) is 12.8 Å². The molecule has 0 radical (unpaired) electrons. The summed E-state index contributed by atoms with van der Waals surface area (Å²) >= 11 is 0. The molecule has 2 fully saturated rings. The van der Waals surface area contributed by atoms with Crippen LogP contribution in [-0.2, 0) is 6.54 Å². The zero-order chi connectivity index (χ0) is 14.7. The van der Waals surface area contributed by atoms with Gasteiger partial charge in [0.05, 0.1) is 5.69 Å². The fourth-order valence-corrected chi connectivity index (χ4v) is 3.46. The van der Waals surface area contributed by atoms with E-state index in [0.717, 1.165) is 37.9 Å². The van der Waals surface area contributed by atoms with Crippen LogP contribution < -0.4 is 5.73 Å². The highest BCUT2D eigenvalue weighted by Gasteiger charge is 2.28. The van der Waals surface area contributed by atoms with Gasteiger partial charge >= 0.3 is 0 Å². The normalized spacial score (nSPS) is 20.9. The lowest BCUT2D eigenvalue weighted by atomic mass is 10.1. The smallest absolute Gasteiger partial charge is 0.254 e. The minimum Gasteiger partial charge on any atom is -0.336 e. The number of nitrogens with two attached hydrogens (primary N) is 1. The summed E-state index contributed by atoms with van der Waals surface area (Å²) in [5, 5.41) is 0. The Morgan fingerprint density at radius 2 is 1.95 bits per heavy atom.